The molecule has 2 atom stereocenters. The minimum atomic E-state index is -4.69. The molecule has 8 nitrogen and oxygen atoms in total. The maximum absolute atomic E-state index is 14.6. The summed E-state index contributed by atoms with van der Waals surface area (Å²) in [4.78, 5) is 15.3. The molecular weight excluding hydrogens is 591 g/mol. The van der Waals surface area contributed by atoms with E-state index in [4.69, 9.17) is 4.74 Å². The van der Waals surface area contributed by atoms with Gasteiger partial charge < -0.3 is 18.8 Å². The van der Waals surface area contributed by atoms with Gasteiger partial charge in [-0.05, 0) is 80.0 Å². The zero-order valence-corrected chi connectivity index (χ0v) is 27.2. The fraction of sp³-hybridized carbons (Fsp3) is 0.531. The van der Waals surface area contributed by atoms with Crippen molar-refractivity contribution < 1.29 is 27.3 Å². The number of carbonyl (C=O) groups excluding carboxylic acids is 1. The molecule has 2 aliphatic rings. The lowest BCUT2D eigenvalue weighted by atomic mass is 9.62. The number of hydrogen-bond acceptors (Lipinski definition) is 6. The predicted octanol–water partition coefficient (Wildman–Crippen LogP) is 6.23. The highest BCUT2D eigenvalue weighted by Gasteiger charge is 2.51. The highest BCUT2D eigenvalue weighted by Crippen LogP contribution is 2.50. The number of amides is 1. The molecule has 3 aromatic rings. The number of hydrogen-bond donors (Lipinski definition) is 1. The average Bonchev–Trinajstić information content (AvgIpc) is 3.48. The fourth-order valence-corrected chi connectivity index (χ4v) is 7.26. The first-order valence-corrected chi connectivity index (χ1v) is 15.7. The third-order valence-corrected chi connectivity index (χ3v) is 10.2. The molecule has 1 aromatic heterocycles. The minimum absolute atomic E-state index is 0.00363. The van der Waals surface area contributed by atoms with Crippen molar-refractivity contribution in [1.29, 1.82) is 0 Å². The van der Waals surface area contributed by atoms with Crippen LogP contribution in [0.2, 0.25) is 0 Å². The first kappa shape index (κ1) is 32.5. The molecule has 0 radical (unpaired) electrons. The number of alkyl halides is 3. The maximum Gasteiger partial charge on any atom is 0.416 e. The molecule has 1 amide bonds. The normalized spacial score (nSPS) is 22.1. The van der Waals surface area contributed by atoms with Crippen LogP contribution in [0.3, 0.4) is 0 Å². The predicted molar refractivity (Wildman–Crippen MR) is 163 cm³/mol. The standard InChI is InChI=1S/C32H40F3N5O3S/c1-29(2,3)26(38-44(42)30(4,5)6)19-12-23-24(25(13-19)32(33,34)35)17-40(27(23)41)21-11-9-10-20(14-21)31(15-22(16-31)43-8)28-37-36-18-39(28)7/h9-14,18,22,26,38H,15-17H2,1-8H3. The van der Waals surface area contributed by atoms with Gasteiger partial charge in [0, 0.05) is 36.8 Å². The van der Waals surface area contributed by atoms with Gasteiger partial charge in [0.15, 0.2) is 0 Å². The Bertz CT molecular complexity index is 1550. The van der Waals surface area contributed by atoms with E-state index in [0.717, 1.165) is 17.5 Å². The molecule has 238 valence electrons. The van der Waals surface area contributed by atoms with Crippen molar-refractivity contribution in [3.63, 3.8) is 0 Å². The van der Waals surface area contributed by atoms with Gasteiger partial charge in [-0.15, -0.1) is 14.9 Å². The van der Waals surface area contributed by atoms with Crippen molar-refractivity contribution in [2.24, 2.45) is 12.5 Å². The van der Waals surface area contributed by atoms with E-state index < -0.39 is 50.6 Å². The number of aromatic nitrogens is 3. The van der Waals surface area contributed by atoms with Crippen molar-refractivity contribution in [3.8, 4) is 0 Å². The van der Waals surface area contributed by atoms with Gasteiger partial charge in [-0.25, -0.2) is 0 Å². The average molecular weight is 632 g/mol. The zero-order valence-electron chi connectivity index (χ0n) is 26.4. The van der Waals surface area contributed by atoms with Gasteiger partial charge >= 0.3 is 6.18 Å². The van der Waals surface area contributed by atoms with Crippen molar-refractivity contribution in [2.75, 3.05) is 12.0 Å². The van der Waals surface area contributed by atoms with E-state index in [0.29, 0.717) is 18.5 Å². The Balaban J connectivity index is 1.56. The molecule has 1 saturated carbocycles. The van der Waals surface area contributed by atoms with Gasteiger partial charge in [0.2, 0.25) is 0 Å². The highest BCUT2D eigenvalue weighted by molar-refractivity contribution is 7.90. The number of halogens is 3. The van der Waals surface area contributed by atoms with Gasteiger partial charge in [0.05, 0.1) is 29.7 Å². The summed E-state index contributed by atoms with van der Waals surface area (Å²) in [5, 5.41) is 8.44. The summed E-state index contributed by atoms with van der Waals surface area (Å²) in [6.07, 6.45) is -1.72. The van der Waals surface area contributed by atoms with Gasteiger partial charge in [-0.3, -0.25) is 4.79 Å². The molecule has 2 unspecified atom stereocenters. The number of nitrogens with one attached hydrogen (secondary N) is 1. The molecule has 2 aromatic carbocycles. The molecule has 0 saturated heterocycles. The van der Waals surface area contributed by atoms with Crippen LogP contribution in [0.1, 0.15) is 98.9 Å². The molecule has 2 heterocycles. The second kappa shape index (κ2) is 11.1. The summed E-state index contributed by atoms with van der Waals surface area (Å²) in [5.74, 6) is 0.251. The maximum atomic E-state index is 14.6. The van der Waals surface area contributed by atoms with Crippen LogP contribution in [0.4, 0.5) is 18.9 Å². The number of fused-ring (bicyclic) bond motifs is 1. The number of nitrogens with zero attached hydrogens (tertiary/aromatic N) is 4. The van der Waals surface area contributed by atoms with Crippen molar-refractivity contribution in [2.45, 2.75) is 89.4 Å². The molecular formula is C32H40F3N5O3S. The van der Waals surface area contributed by atoms with Crippen LogP contribution in [-0.4, -0.2) is 43.2 Å². The molecule has 12 heteroatoms. The Kier molecular flexibility index (Phi) is 8.23. The van der Waals surface area contributed by atoms with Crippen LogP contribution in [0, 0.1) is 5.41 Å². The topological polar surface area (TPSA) is 95.3 Å². The smallest absolute Gasteiger partial charge is 0.416 e. The van der Waals surface area contributed by atoms with Crippen LogP contribution in [0.15, 0.2) is 42.7 Å². The third kappa shape index (κ3) is 5.77. The van der Waals surface area contributed by atoms with E-state index >= 15 is 0 Å². The number of methoxy groups -OCH3 is 1. The summed E-state index contributed by atoms with van der Waals surface area (Å²) in [5.41, 5.74) is -0.364. The van der Waals surface area contributed by atoms with E-state index in [1.165, 1.54) is 11.0 Å². The highest BCUT2D eigenvalue weighted by atomic mass is 32.2. The number of carbonyl (C=O) groups is 1. The quantitative estimate of drug-likeness (QED) is 0.311. The molecule has 1 aliphatic carbocycles. The van der Waals surface area contributed by atoms with Gasteiger partial charge in [0.1, 0.15) is 16.9 Å². The van der Waals surface area contributed by atoms with Crippen molar-refractivity contribution in [3.05, 3.63) is 76.4 Å². The van der Waals surface area contributed by atoms with Crippen LogP contribution in [0.5, 0.6) is 0 Å². The summed E-state index contributed by atoms with van der Waals surface area (Å²) in [7, 11) is 3.53. The second-order valence-corrected chi connectivity index (χ2v) is 15.9. The van der Waals surface area contributed by atoms with E-state index in [1.54, 1.807) is 40.3 Å². The Morgan fingerprint density at radius 3 is 2.34 bits per heavy atom. The molecule has 44 heavy (non-hydrogen) atoms. The second-order valence-electron chi connectivity index (χ2n) is 13.9. The lowest BCUT2D eigenvalue weighted by Gasteiger charge is -2.46. The van der Waals surface area contributed by atoms with Crippen LogP contribution in [-0.2, 0) is 41.3 Å². The monoisotopic (exact) mass is 631 g/mol. The molecule has 1 N–H and O–H groups in total. The zero-order chi connectivity index (χ0) is 32.4. The summed E-state index contributed by atoms with van der Waals surface area (Å²) >= 11 is -1.56. The first-order chi connectivity index (χ1) is 20.4. The van der Waals surface area contributed by atoms with Crippen molar-refractivity contribution in [1.82, 2.24) is 19.5 Å². The molecule has 1 fully saturated rings. The van der Waals surface area contributed by atoms with Gasteiger partial charge in [-0.2, -0.15) is 13.2 Å². The molecule has 5 rings (SSSR count). The minimum Gasteiger partial charge on any atom is -0.598 e. The lowest BCUT2D eigenvalue weighted by Crippen LogP contribution is -2.48. The fourth-order valence-electron chi connectivity index (χ4n) is 6.21. The Morgan fingerprint density at radius 1 is 1.11 bits per heavy atom. The van der Waals surface area contributed by atoms with E-state index in [2.05, 4.69) is 14.9 Å². The Labute approximate surface area is 259 Å². The van der Waals surface area contributed by atoms with Crippen molar-refractivity contribution >= 4 is 23.0 Å². The van der Waals surface area contributed by atoms with Crippen LogP contribution >= 0.6 is 0 Å². The van der Waals surface area contributed by atoms with Crippen LogP contribution < -0.4 is 9.62 Å². The van der Waals surface area contributed by atoms with E-state index in [1.807, 2.05) is 50.6 Å². The number of anilines is 1. The van der Waals surface area contributed by atoms with Gasteiger partial charge in [0.25, 0.3) is 5.91 Å². The van der Waals surface area contributed by atoms with Crippen LogP contribution in [0.25, 0.3) is 0 Å². The Hall–Kier alpha value is -2.93. The number of aryl methyl sites for hydroxylation is 1. The third-order valence-electron chi connectivity index (χ3n) is 8.69. The van der Waals surface area contributed by atoms with Gasteiger partial charge in [-0.1, -0.05) is 32.9 Å². The lowest BCUT2D eigenvalue weighted by molar-refractivity contribution is -0.138. The molecule has 0 bridgehead atoms. The SMILES string of the molecule is COC1CC(c2cccc(N3Cc4c(cc(C(N[S+]([O-])C(C)(C)C)C(C)(C)C)cc4C(F)(F)F)C3=O)c2)(c2nncn2C)C1. The number of rotatable bonds is 7. The summed E-state index contributed by atoms with van der Waals surface area (Å²) < 4.78 is 66.7. The Morgan fingerprint density at radius 2 is 1.80 bits per heavy atom. The number of ether oxygens (including phenoxy) is 1. The molecule has 0 spiro atoms. The summed E-state index contributed by atoms with van der Waals surface area (Å²) in [6.45, 7) is 10.8. The largest absolute Gasteiger partial charge is 0.598 e. The molecule has 1 aliphatic heterocycles. The first-order valence-electron chi connectivity index (χ1n) is 14.6. The number of benzene rings is 2. The van der Waals surface area contributed by atoms with E-state index in [9.17, 15) is 22.5 Å². The summed E-state index contributed by atoms with van der Waals surface area (Å²) in [6, 6.07) is 9.31. The van der Waals surface area contributed by atoms with E-state index in [-0.39, 0.29) is 29.3 Å².